The van der Waals surface area contributed by atoms with E-state index in [0.29, 0.717) is 6.54 Å². The van der Waals surface area contributed by atoms with Gasteiger partial charge in [0, 0.05) is 6.54 Å². The smallest absolute Gasteiger partial charge is 0.368 e. The highest BCUT2D eigenvalue weighted by atomic mass is 19.4. The zero-order chi connectivity index (χ0) is 13.8. The molecule has 8 heteroatoms. The predicted molar refractivity (Wildman–Crippen MR) is 56.6 cm³/mol. The molecule has 0 aliphatic heterocycles. The van der Waals surface area contributed by atoms with Crippen LogP contribution < -0.4 is 5.32 Å². The fourth-order valence-corrected chi connectivity index (χ4v) is 1.22. The molecule has 0 bridgehead atoms. The first-order valence-corrected chi connectivity index (χ1v) is 5.25. The average Bonchev–Trinajstić information content (AvgIpc) is 2.23. The molecule has 0 amide bonds. The first-order valence-electron chi connectivity index (χ1n) is 5.25. The molecule has 102 valence electrons. The second-order valence-electron chi connectivity index (χ2n) is 3.53. The van der Waals surface area contributed by atoms with E-state index in [-0.39, 0.29) is 17.3 Å². The lowest BCUT2D eigenvalue weighted by Gasteiger charge is -2.10. The van der Waals surface area contributed by atoms with Crippen LogP contribution in [0.3, 0.4) is 0 Å². The Morgan fingerprint density at radius 1 is 1.28 bits per heavy atom. The molecule has 1 rings (SSSR count). The zero-order valence-electron chi connectivity index (χ0n) is 9.94. The molecule has 1 aromatic rings. The number of aromatic nitrogens is 2. The summed E-state index contributed by atoms with van der Waals surface area (Å²) in [7, 11) is 0. The molecule has 0 radical (unpaired) electrons. The molecule has 1 aromatic heterocycles. The van der Waals surface area contributed by atoms with Crippen LogP contribution >= 0.6 is 0 Å². The number of nitrogens with one attached hydrogen (secondary N) is 1. The number of rotatable bonds is 5. The van der Waals surface area contributed by atoms with Crippen LogP contribution in [0.4, 0.5) is 23.4 Å². The first-order chi connectivity index (χ1) is 8.33. The van der Waals surface area contributed by atoms with E-state index in [1.807, 2.05) is 0 Å². The standard InChI is InChI=1S/C10H13F4N3O/c1-3-15-9-8(11)6(2)16-7(17-9)4-18-5-10(12,13)14/h3-5H2,1-2H3,(H,15,16,17). The van der Waals surface area contributed by atoms with E-state index in [0.717, 1.165) is 0 Å². The summed E-state index contributed by atoms with van der Waals surface area (Å²) in [4.78, 5) is 7.47. The van der Waals surface area contributed by atoms with Crippen molar-refractivity contribution >= 4 is 5.82 Å². The molecule has 0 atom stereocenters. The maximum absolute atomic E-state index is 13.5. The maximum Gasteiger partial charge on any atom is 0.411 e. The fourth-order valence-electron chi connectivity index (χ4n) is 1.22. The number of hydrogen-bond donors (Lipinski definition) is 1. The van der Waals surface area contributed by atoms with Crippen LogP contribution in [0.1, 0.15) is 18.4 Å². The molecule has 0 aromatic carbocycles. The summed E-state index contributed by atoms with van der Waals surface area (Å²) < 4.78 is 53.5. The number of ether oxygens (including phenoxy) is 1. The lowest BCUT2D eigenvalue weighted by Crippen LogP contribution is -2.18. The van der Waals surface area contributed by atoms with Crippen LogP contribution in [0.5, 0.6) is 0 Å². The van der Waals surface area contributed by atoms with Crippen molar-refractivity contribution in [3.05, 3.63) is 17.3 Å². The van der Waals surface area contributed by atoms with Gasteiger partial charge in [0.1, 0.15) is 13.2 Å². The molecule has 18 heavy (non-hydrogen) atoms. The second kappa shape index (κ2) is 5.94. The minimum atomic E-state index is -4.40. The first kappa shape index (κ1) is 14.6. The molecule has 0 aliphatic rings. The van der Waals surface area contributed by atoms with Crippen LogP contribution in [-0.4, -0.2) is 29.3 Å². The number of anilines is 1. The SMILES string of the molecule is CCNc1nc(COCC(F)(F)F)nc(C)c1F. The third-order valence-corrected chi connectivity index (χ3v) is 1.90. The van der Waals surface area contributed by atoms with E-state index in [1.165, 1.54) is 6.92 Å². The van der Waals surface area contributed by atoms with Gasteiger partial charge >= 0.3 is 6.18 Å². The summed E-state index contributed by atoms with van der Waals surface area (Å²) in [6.45, 7) is 1.79. The summed E-state index contributed by atoms with van der Waals surface area (Å²) in [5, 5.41) is 2.66. The van der Waals surface area contributed by atoms with E-state index in [2.05, 4.69) is 20.0 Å². The van der Waals surface area contributed by atoms with Crippen LogP contribution in [0, 0.1) is 12.7 Å². The third kappa shape index (κ3) is 4.44. The Kier molecular flexibility index (Phi) is 4.83. The molecule has 0 saturated carbocycles. The lowest BCUT2D eigenvalue weighted by molar-refractivity contribution is -0.177. The van der Waals surface area contributed by atoms with Gasteiger partial charge in [-0.05, 0) is 13.8 Å². The lowest BCUT2D eigenvalue weighted by atomic mass is 10.4. The van der Waals surface area contributed by atoms with E-state index >= 15 is 0 Å². The van der Waals surface area contributed by atoms with Crippen molar-refractivity contribution in [1.82, 2.24) is 9.97 Å². The van der Waals surface area contributed by atoms with Crippen molar-refractivity contribution in [3.63, 3.8) is 0 Å². The van der Waals surface area contributed by atoms with Crippen molar-refractivity contribution in [2.45, 2.75) is 26.6 Å². The molecule has 0 aliphatic carbocycles. The topological polar surface area (TPSA) is 47.0 Å². The van der Waals surface area contributed by atoms with Gasteiger partial charge in [-0.25, -0.2) is 14.4 Å². The molecule has 1 N–H and O–H groups in total. The molecule has 0 unspecified atom stereocenters. The van der Waals surface area contributed by atoms with E-state index < -0.39 is 25.2 Å². The van der Waals surface area contributed by atoms with Crippen molar-refractivity contribution in [2.24, 2.45) is 0 Å². The Balaban J connectivity index is 2.72. The quantitative estimate of drug-likeness (QED) is 0.832. The Bertz CT molecular complexity index is 409. The van der Waals surface area contributed by atoms with Gasteiger partial charge in [0.2, 0.25) is 0 Å². The predicted octanol–water partition coefficient (Wildman–Crippen LogP) is 2.43. The van der Waals surface area contributed by atoms with Gasteiger partial charge in [-0.15, -0.1) is 0 Å². The Hall–Kier alpha value is -1.44. The van der Waals surface area contributed by atoms with Gasteiger partial charge in [0.05, 0.1) is 5.69 Å². The number of halogens is 4. The molecule has 4 nitrogen and oxygen atoms in total. The normalized spacial score (nSPS) is 11.7. The van der Waals surface area contributed by atoms with Crippen LogP contribution in [0.2, 0.25) is 0 Å². The van der Waals surface area contributed by atoms with Crippen molar-refractivity contribution < 1.29 is 22.3 Å². The van der Waals surface area contributed by atoms with Gasteiger partial charge in [0.25, 0.3) is 0 Å². The largest absolute Gasteiger partial charge is 0.411 e. The summed E-state index contributed by atoms with van der Waals surface area (Å²) in [6, 6.07) is 0. The van der Waals surface area contributed by atoms with Crippen LogP contribution in [-0.2, 0) is 11.3 Å². The van der Waals surface area contributed by atoms with Crippen LogP contribution in [0.15, 0.2) is 0 Å². The molecule has 0 saturated heterocycles. The van der Waals surface area contributed by atoms with Gasteiger partial charge in [-0.2, -0.15) is 13.2 Å². The third-order valence-electron chi connectivity index (χ3n) is 1.90. The Morgan fingerprint density at radius 3 is 2.50 bits per heavy atom. The van der Waals surface area contributed by atoms with Gasteiger partial charge in [0.15, 0.2) is 17.5 Å². The Morgan fingerprint density at radius 2 is 1.94 bits per heavy atom. The van der Waals surface area contributed by atoms with Gasteiger partial charge in [-0.1, -0.05) is 0 Å². The van der Waals surface area contributed by atoms with Crippen molar-refractivity contribution in [2.75, 3.05) is 18.5 Å². The highest BCUT2D eigenvalue weighted by Gasteiger charge is 2.27. The number of alkyl halides is 3. The highest BCUT2D eigenvalue weighted by Crippen LogP contribution is 2.17. The minimum Gasteiger partial charge on any atom is -0.368 e. The number of nitrogens with zero attached hydrogens (tertiary/aromatic N) is 2. The molecular formula is C10H13F4N3O. The summed E-state index contributed by atoms with van der Waals surface area (Å²) >= 11 is 0. The summed E-state index contributed by atoms with van der Waals surface area (Å²) in [6.07, 6.45) is -4.40. The van der Waals surface area contributed by atoms with Crippen molar-refractivity contribution in [1.29, 1.82) is 0 Å². The van der Waals surface area contributed by atoms with Gasteiger partial charge < -0.3 is 10.1 Å². The second-order valence-corrected chi connectivity index (χ2v) is 3.53. The molecule has 1 heterocycles. The van der Waals surface area contributed by atoms with E-state index in [1.54, 1.807) is 6.92 Å². The zero-order valence-corrected chi connectivity index (χ0v) is 9.94. The molecule has 0 fully saturated rings. The Labute approximate surface area is 101 Å². The maximum atomic E-state index is 13.5. The minimum absolute atomic E-state index is 0.00843. The fraction of sp³-hybridized carbons (Fsp3) is 0.600. The summed E-state index contributed by atoms with van der Waals surface area (Å²) in [5.74, 6) is -0.638. The monoisotopic (exact) mass is 267 g/mol. The molecule has 0 spiro atoms. The van der Waals surface area contributed by atoms with E-state index in [9.17, 15) is 17.6 Å². The van der Waals surface area contributed by atoms with Crippen molar-refractivity contribution in [3.8, 4) is 0 Å². The van der Waals surface area contributed by atoms with E-state index in [4.69, 9.17) is 0 Å². The van der Waals surface area contributed by atoms with Crippen LogP contribution in [0.25, 0.3) is 0 Å². The summed E-state index contributed by atoms with van der Waals surface area (Å²) in [5.41, 5.74) is 0.0616. The average molecular weight is 267 g/mol. The molecular weight excluding hydrogens is 254 g/mol. The number of aryl methyl sites for hydroxylation is 1. The number of hydrogen-bond acceptors (Lipinski definition) is 4. The highest BCUT2D eigenvalue weighted by molar-refractivity contribution is 5.37. The van der Waals surface area contributed by atoms with Gasteiger partial charge in [-0.3, -0.25) is 0 Å².